The first-order valence-electron chi connectivity index (χ1n) is 6.89. The van der Waals surface area contributed by atoms with Gasteiger partial charge in [0.15, 0.2) is 5.82 Å². The molecule has 0 radical (unpaired) electrons. The molecular weight excluding hydrogens is 262 g/mol. The molecule has 3 aromatic rings. The molecule has 0 aliphatic carbocycles. The van der Waals surface area contributed by atoms with Crippen LogP contribution in [-0.4, -0.2) is 26.3 Å². The highest BCUT2D eigenvalue weighted by atomic mass is 15.1. The molecule has 2 aromatic heterocycles. The molecule has 0 saturated carbocycles. The number of aryl methyl sites for hydroxylation is 1. The first-order valence-corrected chi connectivity index (χ1v) is 6.89. The molecule has 2 heterocycles. The predicted octanol–water partition coefficient (Wildman–Crippen LogP) is 2.05. The van der Waals surface area contributed by atoms with E-state index < -0.39 is 0 Å². The van der Waals surface area contributed by atoms with Crippen LogP contribution in [0.25, 0.3) is 22.8 Å². The van der Waals surface area contributed by atoms with Crippen LogP contribution in [0.2, 0.25) is 0 Å². The molecule has 0 unspecified atom stereocenters. The molecule has 2 N–H and O–H groups in total. The lowest BCUT2D eigenvalue weighted by atomic mass is 10.1. The molecule has 106 valence electrons. The molecular formula is C16H17N5. The van der Waals surface area contributed by atoms with Crippen LogP contribution in [0, 0.1) is 0 Å². The van der Waals surface area contributed by atoms with Gasteiger partial charge in [-0.1, -0.05) is 24.3 Å². The smallest absolute Gasteiger partial charge is 0.160 e. The van der Waals surface area contributed by atoms with E-state index in [1.807, 2.05) is 29.9 Å². The fourth-order valence-electron chi connectivity index (χ4n) is 2.23. The van der Waals surface area contributed by atoms with Gasteiger partial charge < -0.3 is 10.3 Å². The van der Waals surface area contributed by atoms with Gasteiger partial charge in [0.25, 0.3) is 0 Å². The predicted molar refractivity (Wildman–Crippen MR) is 82.4 cm³/mol. The summed E-state index contributed by atoms with van der Waals surface area (Å²) in [5.74, 6) is 0.812. The van der Waals surface area contributed by atoms with Crippen molar-refractivity contribution >= 4 is 0 Å². The third-order valence-corrected chi connectivity index (χ3v) is 3.40. The summed E-state index contributed by atoms with van der Waals surface area (Å²) in [6.07, 6.45) is 4.53. The highest BCUT2D eigenvalue weighted by Crippen LogP contribution is 2.19. The van der Waals surface area contributed by atoms with Crippen LogP contribution < -0.4 is 5.73 Å². The minimum atomic E-state index is 0.664. The van der Waals surface area contributed by atoms with E-state index in [1.54, 1.807) is 6.20 Å². The third-order valence-electron chi connectivity index (χ3n) is 3.40. The normalized spacial score (nSPS) is 10.8. The topological polar surface area (TPSA) is 69.6 Å². The fourth-order valence-corrected chi connectivity index (χ4v) is 2.23. The number of rotatable bonds is 4. The van der Waals surface area contributed by atoms with Crippen molar-refractivity contribution in [1.29, 1.82) is 0 Å². The zero-order valence-corrected chi connectivity index (χ0v) is 11.9. The van der Waals surface area contributed by atoms with Gasteiger partial charge in [0.2, 0.25) is 0 Å². The minimum Gasteiger partial charge on any atom is -0.333 e. The van der Waals surface area contributed by atoms with Gasteiger partial charge in [0.1, 0.15) is 5.69 Å². The molecule has 0 aliphatic heterocycles. The number of nitrogens with two attached hydrogens (primary N) is 1. The molecule has 0 spiro atoms. The molecule has 0 aliphatic rings. The molecule has 1 aromatic carbocycles. The Labute approximate surface area is 123 Å². The van der Waals surface area contributed by atoms with E-state index in [2.05, 4.69) is 39.4 Å². The lowest BCUT2D eigenvalue weighted by Crippen LogP contribution is -2.02. The number of aromatic nitrogens is 4. The number of hydrogen-bond acceptors (Lipinski definition) is 4. The zero-order chi connectivity index (χ0) is 14.7. The highest BCUT2D eigenvalue weighted by molar-refractivity contribution is 5.61. The summed E-state index contributed by atoms with van der Waals surface area (Å²) in [5, 5.41) is 8.56. The van der Waals surface area contributed by atoms with E-state index in [-0.39, 0.29) is 0 Å². The summed E-state index contributed by atoms with van der Waals surface area (Å²) in [4.78, 5) is 4.27. The van der Waals surface area contributed by atoms with Crippen LogP contribution in [-0.2, 0) is 13.5 Å². The van der Waals surface area contributed by atoms with Crippen molar-refractivity contribution in [3.8, 4) is 22.8 Å². The van der Waals surface area contributed by atoms with Crippen molar-refractivity contribution in [2.45, 2.75) is 6.42 Å². The zero-order valence-electron chi connectivity index (χ0n) is 11.9. The minimum absolute atomic E-state index is 0.664. The van der Waals surface area contributed by atoms with E-state index in [0.29, 0.717) is 6.54 Å². The molecule has 5 nitrogen and oxygen atoms in total. The van der Waals surface area contributed by atoms with Gasteiger partial charge in [-0.25, -0.2) is 4.98 Å². The highest BCUT2D eigenvalue weighted by Gasteiger charge is 2.06. The largest absolute Gasteiger partial charge is 0.333 e. The van der Waals surface area contributed by atoms with Crippen molar-refractivity contribution in [1.82, 2.24) is 19.7 Å². The number of hydrogen-bond donors (Lipinski definition) is 1. The van der Waals surface area contributed by atoms with E-state index in [1.165, 1.54) is 5.56 Å². The average molecular weight is 279 g/mol. The number of benzene rings is 1. The van der Waals surface area contributed by atoms with Crippen LogP contribution in [0.5, 0.6) is 0 Å². The fraction of sp³-hybridized carbons (Fsp3) is 0.188. The van der Waals surface area contributed by atoms with Crippen LogP contribution in [0.15, 0.2) is 48.8 Å². The Morgan fingerprint density at radius 1 is 1.00 bits per heavy atom. The second kappa shape index (κ2) is 5.85. The van der Waals surface area contributed by atoms with E-state index in [4.69, 9.17) is 5.73 Å². The molecule has 5 heteroatoms. The summed E-state index contributed by atoms with van der Waals surface area (Å²) in [5.41, 5.74) is 9.46. The van der Waals surface area contributed by atoms with Gasteiger partial charge >= 0.3 is 0 Å². The first kappa shape index (κ1) is 13.5. The van der Waals surface area contributed by atoms with Crippen molar-refractivity contribution < 1.29 is 0 Å². The average Bonchev–Trinajstić information content (AvgIpc) is 2.95. The second-order valence-electron chi connectivity index (χ2n) is 4.90. The summed E-state index contributed by atoms with van der Waals surface area (Å²) < 4.78 is 1.92. The second-order valence-corrected chi connectivity index (χ2v) is 4.90. The van der Waals surface area contributed by atoms with Crippen LogP contribution in [0.1, 0.15) is 5.56 Å². The molecule has 0 saturated heterocycles. The maximum absolute atomic E-state index is 5.55. The molecule has 3 rings (SSSR count). The van der Waals surface area contributed by atoms with E-state index in [0.717, 1.165) is 29.2 Å². The third kappa shape index (κ3) is 2.83. The van der Waals surface area contributed by atoms with E-state index >= 15 is 0 Å². The van der Waals surface area contributed by atoms with Crippen molar-refractivity contribution in [2.75, 3.05) is 6.54 Å². The van der Waals surface area contributed by atoms with Crippen molar-refractivity contribution in [3.63, 3.8) is 0 Å². The van der Waals surface area contributed by atoms with Gasteiger partial charge in [-0.2, -0.15) is 0 Å². The van der Waals surface area contributed by atoms with Gasteiger partial charge in [-0.3, -0.25) is 0 Å². The summed E-state index contributed by atoms with van der Waals surface area (Å²) >= 11 is 0. The van der Waals surface area contributed by atoms with Gasteiger partial charge in [0.05, 0.1) is 5.69 Å². The molecule has 21 heavy (non-hydrogen) atoms. The maximum Gasteiger partial charge on any atom is 0.160 e. The lowest BCUT2D eigenvalue weighted by Gasteiger charge is -2.04. The van der Waals surface area contributed by atoms with Gasteiger partial charge in [-0.15, -0.1) is 10.2 Å². The summed E-state index contributed by atoms with van der Waals surface area (Å²) in [6, 6.07) is 12.2. The number of nitrogens with zero attached hydrogens (tertiary/aromatic N) is 4. The molecule has 0 atom stereocenters. The maximum atomic E-state index is 5.55. The summed E-state index contributed by atoms with van der Waals surface area (Å²) in [7, 11) is 1.94. The first-order chi connectivity index (χ1) is 10.3. The quantitative estimate of drug-likeness (QED) is 0.793. The van der Waals surface area contributed by atoms with Crippen LogP contribution in [0.4, 0.5) is 0 Å². The number of imidazole rings is 1. The van der Waals surface area contributed by atoms with Crippen LogP contribution in [0.3, 0.4) is 0 Å². The lowest BCUT2D eigenvalue weighted by molar-refractivity contribution is 0.905. The van der Waals surface area contributed by atoms with E-state index in [9.17, 15) is 0 Å². The molecule has 0 fully saturated rings. The Morgan fingerprint density at radius 3 is 2.29 bits per heavy atom. The Hall–Kier alpha value is -2.53. The van der Waals surface area contributed by atoms with Crippen LogP contribution >= 0.6 is 0 Å². The molecule has 0 bridgehead atoms. The SMILES string of the molecule is Cn1ccnc1-c1ccc(-c2ccc(CCN)cc2)nn1. The standard InChI is InChI=1S/C16H17N5/c1-21-11-10-18-16(21)15-7-6-14(19-20-15)13-4-2-12(3-5-13)8-9-17/h2-7,10-11H,8-9,17H2,1H3. The summed E-state index contributed by atoms with van der Waals surface area (Å²) in [6.45, 7) is 0.664. The van der Waals surface area contributed by atoms with Crippen molar-refractivity contribution in [3.05, 3.63) is 54.4 Å². The Bertz CT molecular complexity index is 713. The monoisotopic (exact) mass is 279 g/mol. The van der Waals surface area contributed by atoms with Gasteiger partial charge in [-0.05, 0) is 30.7 Å². The molecule has 0 amide bonds. The van der Waals surface area contributed by atoms with Crippen molar-refractivity contribution in [2.24, 2.45) is 12.8 Å². The Kier molecular flexibility index (Phi) is 3.75. The Balaban J connectivity index is 1.85. The van der Waals surface area contributed by atoms with Gasteiger partial charge in [0, 0.05) is 25.0 Å². The Morgan fingerprint density at radius 2 is 1.71 bits per heavy atom.